The van der Waals surface area contributed by atoms with Crippen LogP contribution in [-0.2, 0) is 9.59 Å². The minimum Gasteiger partial charge on any atom is -0.278 e. The lowest BCUT2D eigenvalue weighted by molar-refractivity contribution is -0.137. The van der Waals surface area contributed by atoms with Crippen molar-refractivity contribution in [2.45, 2.75) is 0 Å². The van der Waals surface area contributed by atoms with Crippen LogP contribution < -0.4 is 0 Å². The average molecular weight is 287 g/mol. The van der Waals surface area contributed by atoms with E-state index in [0.717, 1.165) is 27.8 Å². The summed E-state index contributed by atoms with van der Waals surface area (Å²) in [6.07, 6.45) is 1.56. The molecule has 0 saturated carbocycles. The third-order valence-corrected chi connectivity index (χ3v) is 4.19. The Bertz CT molecular complexity index is 875. The van der Waals surface area contributed by atoms with Gasteiger partial charge in [-0.15, -0.1) is 0 Å². The van der Waals surface area contributed by atoms with Crippen molar-refractivity contribution < 1.29 is 9.59 Å². The van der Waals surface area contributed by atoms with Gasteiger partial charge < -0.3 is 0 Å². The number of amides is 2. The second-order valence-electron chi connectivity index (χ2n) is 5.42. The summed E-state index contributed by atoms with van der Waals surface area (Å²) in [5.41, 5.74) is 5.21. The van der Waals surface area contributed by atoms with E-state index < -0.39 is 0 Å². The Kier molecular flexibility index (Phi) is 2.63. The summed E-state index contributed by atoms with van der Waals surface area (Å²) >= 11 is 0. The van der Waals surface area contributed by atoms with Crippen LogP contribution in [0, 0.1) is 0 Å². The van der Waals surface area contributed by atoms with Gasteiger partial charge in [0.1, 0.15) is 0 Å². The molecule has 3 nitrogen and oxygen atoms in total. The van der Waals surface area contributed by atoms with Crippen LogP contribution in [-0.4, -0.2) is 23.8 Å². The van der Waals surface area contributed by atoms with Crippen molar-refractivity contribution >= 4 is 23.0 Å². The van der Waals surface area contributed by atoms with E-state index in [2.05, 4.69) is 0 Å². The molecule has 106 valence electrons. The number of likely N-dealkylation sites (N-methyl/N-ethyl adjacent to an activating group) is 1. The predicted molar refractivity (Wildman–Crippen MR) is 84.7 cm³/mol. The molecule has 22 heavy (non-hydrogen) atoms. The van der Waals surface area contributed by atoms with Gasteiger partial charge in [0.05, 0.1) is 5.57 Å². The molecule has 0 atom stereocenters. The van der Waals surface area contributed by atoms with Crippen molar-refractivity contribution in [3.05, 3.63) is 82.9 Å². The standard InChI is InChI=1S/C19H13NO2/c1-20-16(21)11-15-13-9-5-6-10-14(13)17(18(15)19(20)22)12-7-3-2-4-8-12/h2-11H,1H3. The number of fused-ring (bicyclic) bond motifs is 3. The molecule has 1 heterocycles. The van der Waals surface area contributed by atoms with Gasteiger partial charge in [-0.1, -0.05) is 54.6 Å². The molecule has 0 radical (unpaired) electrons. The maximum atomic E-state index is 12.7. The highest BCUT2D eigenvalue weighted by molar-refractivity contribution is 6.30. The summed E-state index contributed by atoms with van der Waals surface area (Å²) in [7, 11) is 1.52. The van der Waals surface area contributed by atoms with Crippen molar-refractivity contribution in [3.63, 3.8) is 0 Å². The second-order valence-corrected chi connectivity index (χ2v) is 5.42. The maximum absolute atomic E-state index is 12.7. The number of benzene rings is 2. The number of carbonyl (C=O) groups is 2. The smallest absolute Gasteiger partial charge is 0.261 e. The summed E-state index contributed by atoms with van der Waals surface area (Å²) in [5.74, 6) is -0.509. The van der Waals surface area contributed by atoms with Crippen molar-refractivity contribution in [2.75, 3.05) is 7.05 Å². The molecule has 2 amide bonds. The molecule has 2 aliphatic rings. The number of rotatable bonds is 1. The average Bonchev–Trinajstić information content (AvgIpc) is 2.88. The first-order chi connectivity index (χ1) is 10.7. The van der Waals surface area contributed by atoms with E-state index in [1.54, 1.807) is 6.08 Å². The van der Waals surface area contributed by atoms with Crippen molar-refractivity contribution in [3.8, 4) is 0 Å². The normalized spacial score (nSPS) is 16.6. The van der Waals surface area contributed by atoms with Gasteiger partial charge in [-0.25, -0.2) is 0 Å². The van der Waals surface area contributed by atoms with Crippen LogP contribution in [0.5, 0.6) is 0 Å². The van der Waals surface area contributed by atoms with E-state index in [-0.39, 0.29) is 11.8 Å². The first-order valence-electron chi connectivity index (χ1n) is 7.12. The van der Waals surface area contributed by atoms with Gasteiger partial charge in [0.2, 0.25) is 0 Å². The Morgan fingerprint density at radius 3 is 2.14 bits per heavy atom. The molecule has 0 N–H and O–H groups in total. The monoisotopic (exact) mass is 287 g/mol. The lowest BCUT2D eigenvalue weighted by Crippen LogP contribution is -2.36. The molecular weight excluding hydrogens is 274 g/mol. The number of hydrogen-bond acceptors (Lipinski definition) is 2. The maximum Gasteiger partial charge on any atom is 0.261 e. The van der Waals surface area contributed by atoms with Crippen LogP contribution in [0.1, 0.15) is 16.7 Å². The lowest BCUT2D eigenvalue weighted by atomic mass is 9.96. The first kappa shape index (κ1) is 12.8. The molecule has 0 unspecified atom stereocenters. The SMILES string of the molecule is CN1C(=O)C=C2C(=C(c3ccccc3)c3ccccc32)C1=O. The van der Waals surface area contributed by atoms with Crippen LogP contribution in [0.15, 0.2) is 66.2 Å². The second kappa shape index (κ2) is 4.53. The zero-order chi connectivity index (χ0) is 15.3. The molecule has 1 aliphatic carbocycles. The van der Waals surface area contributed by atoms with Gasteiger partial charge in [-0.3, -0.25) is 14.5 Å². The summed E-state index contributed by atoms with van der Waals surface area (Å²) in [4.78, 5) is 25.9. The highest BCUT2D eigenvalue weighted by Gasteiger charge is 2.37. The fourth-order valence-corrected chi connectivity index (χ4v) is 3.10. The minimum absolute atomic E-state index is 0.238. The highest BCUT2D eigenvalue weighted by atomic mass is 16.2. The molecule has 0 bridgehead atoms. The van der Waals surface area contributed by atoms with E-state index in [1.807, 2.05) is 54.6 Å². The summed E-state index contributed by atoms with van der Waals surface area (Å²) in [6, 6.07) is 17.7. The minimum atomic E-state index is -0.270. The largest absolute Gasteiger partial charge is 0.278 e. The third-order valence-electron chi connectivity index (χ3n) is 4.19. The van der Waals surface area contributed by atoms with Crippen LogP contribution in [0.2, 0.25) is 0 Å². The van der Waals surface area contributed by atoms with Gasteiger partial charge >= 0.3 is 0 Å². The van der Waals surface area contributed by atoms with E-state index >= 15 is 0 Å². The van der Waals surface area contributed by atoms with E-state index in [9.17, 15) is 9.59 Å². The van der Waals surface area contributed by atoms with Crippen LogP contribution >= 0.6 is 0 Å². The molecule has 4 rings (SSSR count). The van der Waals surface area contributed by atoms with Crippen LogP contribution in [0.25, 0.3) is 11.1 Å². The molecule has 1 aliphatic heterocycles. The Labute approximate surface area is 128 Å². The molecule has 0 saturated heterocycles. The molecule has 2 aromatic rings. The topological polar surface area (TPSA) is 37.4 Å². The molecule has 0 fully saturated rings. The Hall–Kier alpha value is -2.94. The van der Waals surface area contributed by atoms with Crippen LogP contribution in [0.4, 0.5) is 0 Å². The van der Waals surface area contributed by atoms with Crippen molar-refractivity contribution in [1.29, 1.82) is 0 Å². The van der Waals surface area contributed by atoms with Gasteiger partial charge in [0, 0.05) is 24.3 Å². The summed E-state index contributed by atoms with van der Waals surface area (Å²) in [6.45, 7) is 0. The summed E-state index contributed by atoms with van der Waals surface area (Å²) < 4.78 is 0. The molecule has 3 heteroatoms. The van der Waals surface area contributed by atoms with Gasteiger partial charge in [0.15, 0.2) is 0 Å². The van der Waals surface area contributed by atoms with Gasteiger partial charge in [0.25, 0.3) is 11.8 Å². The fourth-order valence-electron chi connectivity index (χ4n) is 3.10. The van der Waals surface area contributed by atoms with Crippen molar-refractivity contribution in [1.82, 2.24) is 4.90 Å². The zero-order valence-corrected chi connectivity index (χ0v) is 12.0. The Balaban J connectivity index is 2.09. The number of nitrogens with zero attached hydrogens (tertiary/aromatic N) is 1. The zero-order valence-electron chi connectivity index (χ0n) is 12.0. The van der Waals surface area contributed by atoms with Crippen molar-refractivity contribution in [2.24, 2.45) is 0 Å². The predicted octanol–water partition coefficient (Wildman–Crippen LogP) is 2.88. The third kappa shape index (κ3) is 1.62. The number of hydrogen-bond donors (Lipinski definition) is 0. The van der Waals surface area contributed by atoms with E-state index in [4.69, 9.17) is 0 Å². The fraction of sp³-hybridized carbons (Fsp3) is 0.0526. The lowest BCUT2D eigenvalue weighted by Gasteiger charge is -2.21. The highest BCUT2D eigenvalue weighted by Crippen LogP contribution is 2.46. The Morgan fingerprint density at radius 1 is 0.773 bits per heavy atom. The first-order valence-corrected chi connectivity index (χ1v) is 7.12. The molecule has 2 aromatic carbocycles. The molecule has 0 spiro atoms. The number of imide groups is 1. The van der Waals surface area contributed by atoms with Crippen LogP contribution in [0.3, 0.4) is 0 Å². The van der Waals surface area contributed by atoms with Gasteiger partial charge in [-0.05, 0) is 16.7 Å². The van der Waals surface area contributed by atoms with E-state index in [0.29, 0.717) is 5.57 Å². The molecule has 0 aromatic heterocycles. The quantitative estimate of drug-likeness (QED) is 0.756. The van der Waals surface area contributed by atoms with Gasteiger partial charge in [-0.2, -0.15) is 0 Å². The molecular formula is C19H13NO2. The van der Waals surface area contributed by atoms with E-state index in [1.165, 1.54) is 11.9 Å². The number of carbonyl (C=O) groups excluding carboxylic acids is 2. The Morgan fingerprint density at radius 2 is 1.41 bits per heavy atom. The summed E-state index contributed by atoms with van der Waals surface area (Å²) in [5, 5.41) is 0.